The van der Waals surface area contributed by atoms with Gasteiger partial charge in [-0.25, -0.2) is 0 Å². The molecule has 1 heteroatoms. The summed E-state index contributed by atoms with van der Waals surface area (Å²) in [4.78, 5) is 0. The van der Waals surface area contributed by atoms with Gasteiger partial charge in [-0.3, -0.25) is 0 Å². The summed E-state index contributed by atoms with van der Waals surface area (Å²) >= 11 is -1.26. The van der Waals surface area contributed by atoms with Crippen molar-refractivity contribution in [3.05, 3.63) is 0 Å². The maximum atomic E-state index is 2.36. The second-order valence-corrected chi connectivity index (χ2v) is 15.6. The van der Waals surface area contributed by atoms with Gasteiger partial charge in [-0.2, -0.15) is 0 Å². The molecule has 0 aromatic heterocycles. The van der Waals surface area contributed by atoms with E-state index in [-0.39, 0.29) is 0 Å². The third kappa shape index (κ3) is 207. The molecule has 0 aromatic carbocycles. The topological polar surface area (TPSA) is 0 Å². The molecule has 0 spiro atoms. The normalized spacial score (nSPS) is 19.2. The van der Waals surface area contributed by atoms with Crippen LogP contribution in [0.25, 0.3) is 0 Å². The van der Waals surface area contributed by atoms with E-state index in [1.54, 1.807) is 0 Å². The Morgan fingerprint density at radius 2 is 0.667 bits per heavy atom. The fourth-order valence-electron chi connectivity index (χ4n) is 0. The molecule has 0 aliphatic carbocycles. The van der Waals surface area contributed by atoms with E-state index >= 15 is 0 Å². The first kappa shape index (κ1) is 6.52. The molecule has 6 heavy (non-hydrogen) atoms. The molecule has 42 valence electrons. The van der Waals surface area contributed by atoms with E-state index in [0.717, 1.165) is 0 Å². The van der Waals surface area contributed by atoms with E-state index in [4.69, 9.17) is 0 Å². The van der Waals surface area contributed by atoms with Gasteiger partial charge in [0.2, 0.25) is 0 Å². The van der Waals surface area contributed by atoms with Crippen LogP contribution in [0, 0.1) is 0 Å². The van der Waals surface area contributed by atoms with E-state index in [1.807, 2.05) is 0 Å². The summed E-state index contributed by atoms with van der Waals surface area (Å²) < 4.78 is 0. The van der Waals surface area contributed by atoms with Gasteiger partial charge in [0.25, 0.3) is 0 Å². The van der Waals surface area contributed by atoms with Gasteiger partial charge in [0.05, 0.1) is 0 Å². The Kier molecular flexibility index (Phi) is 1.11. The van der Waals surface area contributed by atoms with Crippen molar-refractivity contribution in [1.82, 2.24) is 0 Å². The molecule has 0 radical (unpaired) electrons. The van der Waals surface area contributed by atoms with Gasteiger partial charge < -0.3 is 0 Å². The Bertz CT molecular complexity index is 37.1. The molecule has 0 amide bonds. The molecule has 0 nitrogen and oxygen atoms in total. The Balaban J connectivity index is 3.73. The summed E-state index contributed by atoms with van der Waals surface area (Å²) in [5.74, 6) is 11.8. The minimum atomic E-state index is -1.26. The van der Waals surface area contributed by atoms with Crippen molar-refractivity contribution in [3.63, 3.8) is 0 Å². The van der Waals surface area contributed by atoms with Crippen molar-refractivity contribution in [3.8, 4) is 0 Å². The first-order chi connectivity index (χ1) is 2.24. The van der Waals surface area contributed by atoms with Crippen LogP contribution in [-0.4, -0.2) is 0 Å². The zero-order valence-electron chi connectivity index (χ0n) is 5.38. The van der Waals surface area contributed by atoms with Crippen LogP contribution in [0.4, 0.5) is 0 Å². The van der Waals surface area contributed by atoms with Gasteiger partial charge in [-0.05, 0) is 0 Å². The van der Waals surface area contributed by atoms with Crippen molar-refractivity contribution >= 4 is 0 Å². The zero-order valence-corrected chi connectivity index (χ0v) is 6.56. The van der Waals surface area contributed by atoms with E-state index in [1.165, 1.54) is 0 Å². The molecule has 0 fully saturated rings. The molecule has 0 unspecified atom stereocenters. The van der Waals surface area contributed by atoms with Crippen LogP contribution in [0.3, 0.4) is 0 Å². The van der Waals surface area contributed by atoms with Crippen molar-refractivity contribution in [2.45, 2.75) is 29.1 Å². The number of rotatable bonds is 0. The Hall–Kier alpha value is 0.519. The molecule has 0 rings (SSSR count). The molecule has 0 saturated carbocycles. The third-order valence-corrected chi connectivity index (χ3v) is 0. The van der Waals surface area contributed by atoms with Gasteiger partial charge >= 0.3 is 40.9 Å². The molecule has 0 aliphatic heterocycles. The average Bonchev–Trinajstić information content (AvgIpc) is 0.650. The second kappa shape index (κ2) is 1.02. The van der Waals surface area contributed by atoms with E-state index in [0.29, 0.717) is 0 Å². The summed E-state index contributed by atoms with van der Waals surface area (Å²) in [5, 5.41) is 0. The van der Waals surface area contributed by atoms with Gasteiger partial charge in [0.1, 0.15) is 0 Å². The van der Waals surface area contributed by atoms with Crippen molar-refractivity contribution in [2.75, 3.05) is 0 Å². The van der Waals surface area contributed by atoms with Crippen LogP contribution < -0.4 is 0 Å². The van der Waals surface area contributed by atoms with Crippen molar-refractivity contribution in [2.24, 2.45) is 0 Å². The Morgan fingerprint density at radius 1 is 0.667 bits per heavy atom. The predicted octanol–water partition coefficient (Wildman–Crippen LogP) is 2.92. The van der Waals surface area contributed by atoms with Gasteiger partial charge in [0.15, 0.2) is 0 Å². The molecule has 0 bridgehead atoms. The summed E-state index contributed by atoms with van der Waals surface area (Å²) in [6.07, 6.45) is 0. The van der Waals surface area contributed by atoms with Crippen molar-refractivity contribution in [1.29, 1.82) is 0 Å². The van der Waals surface area contributed by atoms with Crippen LogP contribution in [0.1, 0.15) is 0 Å². The SMILES string of the molecule is [CH3][Mn]([CH3])([CH3])([CH3])[CH3]. The van der Waals surface area contributed by atoms with Crippen LogP contribution in [0.15, 0.2) is 0 Å². The van der Waals surface area contributed by atoms with E-state index in [9.17, 15) is 0 Å². The molecule has 0 heterocycles. The molecule has 0 aromatic rings. The Labute approximate surface area is 41.5 Å². The fraction of sp³-hybridized carbons (Fsp3) is 1.00. The quantitative estimate of drug-likeness (QED) is 0.442. The maximum absolute atomic E-state index is 2.36. The summed E-state index contributed by atoms with van der Waals surface area (Å²) in [6.45, 7) is 0. The van der Waals surface area contributed by atoms with Gasteiger partial charge in [0, 0.05) is 0 Å². The third-order valence-electron chi connectivity index (χ3n) is 0. The minimum absolute atomic E-state index is 1.26. The van der Waals surface area contributed by atoms with Gasteiger partial charge in [-0.15, -0.1) is 0 Å². The first-order valence-electron chi connectivity index (χ1n) is 1.89. The zero-order chi connectivity index (χ0) is 5.45. The number of hydrogen-bond donors (Lipinski definition) is 0. The second-order valence-electron chi connectivity index (χ2n) is 3.78. The molecular weight excluding hydrogens is 115 g/mol. The summed E-state index contributed by atoms with van der Waals surface area (Å²) in [7, 11) is 0. The molecule has 0 N–H and O–H groups in total. The van der Waals surface area contributed by atoms with Crippen LogP contribution in [0.2, 0.25) is 29.1 Å². The van der Waals surface area contributed by atoms with Gasteiger partial charge in [-0.1, -0.05) is 0 Å². The predicted molar refractivity (Wildman–Crippen MR) is 29.3 cm³/mol. The number of hydrogen-bond acceptors (Lipinski definition) is 0. The molecular formula is C5H15Mn. The molecule has 0 atom stereocenters. The van der Waals surface area contributed by atoms with Crippen LogP contribution in [0.5, 0.6) is 0 Å². The van der Waals surface area contributed by atoms with E-state index in [2.05, 4.69) is 29.1 Å². The first-order valence-corrected chi connectivity index (χ1v) is 7.79. The molecule has 0 saturated heterocycles. The van der Waals surface area contributed by atoms with Crippen molar-refractivity contribution < 1.29 is 11.8 Å². The monoisotopic (exact) mass is 130 g/mol. The van der Waals surface area contributed by atoms with E-state index < -0.39 is 11.8 Å². The van der Waals surface area contributed by atoms with Crippen LogP contribution in [-0.2, 0) is 11.8 Å². The summed E-state index contributed by atoms with van der Waals surface area (Å²) in [6, 6.07) is 0. The Morgan fingerprint density at radius 3 is 0.667 bits per heavy atom. The average molecular weight is 130 g/mol. The summed E-state index contributed by atoms with van der Waals surface area (Å²) in [5.41, 5.74) is 0. The standard InChI is InChI=1S/5CH3.Mn/h5*1H3;. The fourth-order valence-corrected chi connectivity index (χ4v) is 0. The van der Waals surface area contributed by atoms with Crippen LogP contribution >= 0.6 is 0 Å². The molecule has 0 aliphatic rings.